The fraction of sp³-hybridized carbons (Fsp3) is 0.227. The van der Waals surface area contributed by atoms with E-state index >= 15 is 0 Å². The predicted molar refractivity (Wildman–Crippen MR) is 121 cm³/mol. The fourth-order valence-corrected chi connectivity index (χ4v) is 4.62. The number of allylic oxidation sites excluding steroid dienone is 1. The van der Waals surface area contributed by atoms with Gasteiger partial charge in [0.2, 0.25) is 5.91 Å². The van der Waals surface area contributed by atoms with Crippen molar-refractivity contribution in [3.63, 3.8) is 0 Å². The smallest absolute Gasteiger partial charge is 0.338 e. The third-order valence-corrected chi connectivity index (χ3v) is 6.10. The minimum absolute atomic E-state index is 0.0453. The molecule has 1 aromatic heterocycles. The third-order valence-electron chi connectivity index (χ3n) is 5.21. The first kappa shape index (κ1) is 22.3. The summed E-state index contributed by atoms with van der Waals surface area (Å²) in [5, 5.41) is 16.3. The van der Waals surface area contributed by atoms with E-state index in [4.69, 9.17) is 9.15 Å². The molecule has 0 unspecified atom stereocenters. The molecule has 10 nitrogen and oxygen atoms in total. The number of nitro benzene ring substituents is 1. The highest BCUT2D eigenvalue weighted by Crippen LogP contribution is 2.45. The van der Waals surface area contributed by atoms with Crippen LogP contribution in [-0.2, 0) is 20.9 Å². The van der Waals surface area contributed by atoms with Gasteiger partial charge >= 0.3 is 5.97 Å². The summed E-state index contributed by atoms with van der Waals surface area (Å²) in [7, 11) is 1.28. The van der Waals surface area contributed by atoms with Gasteiger partial charge in [0.05, 0.1) is 48.6 Å². The number of esters is 1. The summed E-state index contributed by atoms with van der Waals surface area (Å²) in [6.45, 7) is 1.97. The van der Waals surface area contributed by atoms with E-state index in [-0.39, 0.29) is 24.6 Å². The maximum Gasteiger partial charge on any atom is 0.338 e. The second-order valence-electron chi connectivity index (χ2n) is 7.27. The van der Waals surface area contributed by atoms with Gasteiger partial charge in [0.1, 0.15) is 5.76 Å². The van der Waals surface area contributed by atoms with Crippen molar-refractivity contribution in [1.29, 1.82) is 0 Å². The number of hydrogen-bond donors (Lipinski definition) is 1. The number of carbonyl (C=O) groups is 2. The van der Waals surface area contributed by atoms with Gasteiger partial charge in [0.25, 0.3) is 5.69 Å². The van der Waals surface area contributed by atoms with Crippen LogP contribution in [0.3, 0.4) is 0 Å². The summed E-state index contributed by atoms with van der Waals surface area (Å²) in [5.41, 5.74) is 2.01. The third kappa shape index (κ3) is 4.53. The van der Waals surface area contributed by atoms with Crippen LogP contribution in [0.25, 0.3) is 0 Å². The van der Waals surface area contributed by atoms with Crippen LogP contribution < -0.4 is 5.32 Å². The molecule has 170 valence electrons. The van der Waals surface area contributed by atoms with Crippen LogP contribution in [0.2, 0.25) is 0 Å². The van der Waals surface area contributed by atoms with Crippen molar-refractivity contribution >= 4 is 34.5 Å². The van der Waals surface area contributed by atoms with Gasteiger partial charge in [-0.1, -0.05) is 11.8 Å². The lowest BCUT2D eigenvalue weighted by Gasteiger charge is -2.36. The molecule has 0 radical (unpaired) electrons. The van der Waals surface area contributed by atoms with Crippen molar-refractivity contribution < 1.29 is 23.7 Å². The molecule has 0 saturated carbocycles. The zero-order valence-electron chi connectivity index (χ0n) is 17.8. The Labute approximate surface area is 193 Å². The van der Waals surface area contributed by atoms with Crippen LogP contribution in [0.1, 0.15) is 30.7 Å². The van der Waals surface area contributed by atoms with E-state index in [0.717, 1.165) is 0 Å². The second kappa shape index (κ2) is 9.33. The number of amides is 1. The maximum atomic E-state index is 12.7. The van der Waals surface area contributed by atoms with Crippen molar-refractivity contribution in [2.45, 2.75) is 25.9 Å². The first-order valence-electron chi connectivity index (χ1n) is 9.95. The Bertz CT molecular complexity index is 1180. The summed E-state index contributed by atoms with van der Waals surface area (Å²) in [5.74, 6) is -0.154. The zero-order valence-corrected chi connectivity index (χ0v) is 18.6. The van der Waals surface area contributed by atoms with E-state index in [1.807, 2.05) is 5.41 Å². The van der Waals surface area contributed by atoms with E-state index in [9.17, 15) is 19.7 Å². The SMILES string of the molecule is COC(=O)C1=C(C)N=C2SC=C(CC(=O)NCc3ccco3)N2[C@@H]1c1ccc([N+](=O)[O-])cc1. The lowest BCUT2D eigenvalue weighted by atomic mass is 9.93. The van der Waals surface area contributed by atoms with Crippen LogP contribution in [0, 0.1) is 10.1 Å². The lowest BCUT2D eigenvalue weighted by molar-refractivity contribution is -0.384. The lowest BCUT2D eigenvalue weighted by Crippen LogP contribution is -2.37. The number of nitrogens with one attached hydrogen (secondary N) is 1. The molecular weight excluding hydrogens is 448 g/mol. The molecule has 0 saturated heterocycles. The van der Waals surface area contributed by atoms with Crippen molar-refractivity contribution in [2.24, 2.45) is 4.99 Å². The Balaban J connectivity index is 1.64. The number of fused-ring (bicyclic) bond motifs is 1. The van der Waals surface area contributed by atoms with Gasteiger partial charge < -0.3 is 19.4 Å². The van der Waals surface area contributed by atoms with Crippen molar-refractivity contribution in [3.8, 4) is 0 Å². The molecule has 1 amide bonds. The van der Waals surface area contributed by atoms with Crippen LogP contribution in [0.4, 0.5) is 5.69 Å². The first-order valence-corrected chi connectivity index (χ1v) is 10.8. The standard InChI is InChI=1S/C22H20N4O6S/c1-13-19(21(28)31-2)20(14-5-7-15(8-6-14)26(29)30)25-16(12-33-22(25)24-13)10-18(27)23-11-17-4-3-9-32-17/h3-9,12,20H,10-11H2,1-2H3,(H,23,27)/t20-/m1/s1. The van der Waals surface area contributed by atoms with E-state index in [1.54, 1.807) is 36.1 Å². The molecule has 1 N–H and O–H groups in total. The summed E-state index contributed by atoms with van der Waals surface area (Å²) < 4.78 is 10.2. The number of benzene rings is 1. The minimum Gasteiger partial charge on any atom is -0.467 e. The highest BCUT2D eigenvalue weighted by atomic mass is 32.2. The number of nitrogens with zero attached hydrogens (tertiary/aromatic N) is 3. The van der Waals surface area contributed by atoms with Gasteiger partial charge in [-0.15, -0.1) is 0 Å². The molecule has 0 fully saturated rings. The van der Waals surface area contributed by atoms with Gasteiger partial charge in [-0.05, 0) is 42.2 Å². The van der Waals surface area contributed by atoms with Gasteiger partial charge in [-0.25, -0.2) is 9.79 Å². The van der Waals surface area contributed by atoms with Crippen LogP contribution in [0.5, 0.6) is 0 Å². The van der Waals surface area contributed by atoms with Crippen LogP contribution in [0.15, 0.2) is 74.4 Å². The molecule has 2 aliphatic rings. The minimum atomic E-state index is -0.648. The van der Waals surface area contributed by atoms with Gasteiger partial charge in [-0.2, -0.15) is 0 Å². The average Bonchev–Trinajstić information content (AvgIpc) is 3.46. The van der Waals surface area contributed by atoms with Crippen molar-refractivity contribution in [3.05, 3.63) is 86.5 Å². The Morgan fingerprint density at radius 1 is 1.30 bits per heavy atom. The summed E-state index contributed by atoms with van der Waals surface area (Å²) >= 11 is 1.34. The second-order valence-corrected chi connectivity index (χ2v) is 8.10. The average molecular weight is 468 g/mol. The monoisotopic (exact) mass is 468 g/mol. The number of thioether (sulfide) groups is 1. The topological polar surface area (TPSA) is 127 Å². The number of methoxy groups -OCH3 is 1. The quantitative estimate of drug-likeness (QED) is 0.371. The normalized spacial score (nSPS) is 17.3. The number of carbonyl (C=O) groups excluding carboxylic acids is 2. The van der Waals surface area contributed by atoms with Crippen molar-refractivity contribution in [1.82, 2.24) is 10.2 Å². The molecule has 2 aromatic rings. The predicted octanol–water partition coefficient (Wildman–Crippen LogP) is 3.64. The maximum absolute atomic E-state index is 12.7. The van der Waals surface area contributed by atoms with E-state index in [2.05, 4.69) is 10.3 Å². The molecular formula is C22H20N4O6S. The Morgan fingerprint density at radius 2 is 2.06 bits per heavy atom. The number of nitro groups is 1. The zero-order chi connectivity index (χ0) is 23.5. The molecule has 11 heteroatoms. The largest absolute Gasteiger partial charge is 0.467 e. The molecule has 2 aliphatic heterocycles. The number of furan rings is 1. The molecule has 1 atom stereocenters. The molecule has 4 rings (SSSR count). The number of non-ortho nitro benzene ring substituents is 1. The molecule has 1 aromatic carbocycles. The summed E-state index contributed by atoms with van der Waals surface area (Å²) in [6, 6.07) is 8.82. The van der Waals surface area contributed by atoms with E-state index < -0.39 is 16.9 Å². The molecule has 0 spiro atoms. The first-order chi connectivity index (χ1) is 15.9. The van der Waals surface area contributed by atoms with Crippen molar-refractivity contribution in [2.75, 3.05) is 7.11 Å². The highest BCUT2D eigenvalue weighted by molar-refractivity contribution is 8.16. The van der Waals surface area contributed by atoms with E-state index in [1.165, 1.54) is 37.3 Å². The van der Waals surface area contributed by atoms with Gasteiger partial charge in [0, 0.05) is 17.8 Å². The summed E-state index contributed by atoms with van der Waals surface area (Å²) in [4.78, 5) is 42.3. The Hall–Kier alpha value is -3.86. The number of ether oxygens (including phenoxy) is 1. The number of amidine groups is 1. The summed E-state index contributed by atoms with van der Waals surface area (Å²) in [6.07, 6.45) is 1.58. The molecule has 0 bridgehead atoms. The number of rotatable bonds is 7. The van der Waals surface area contributed by atoms with E-state index in [0.29, 0.717) is 33.5 Å². The Morgan fingerprint density at radius 3 is 2.70 bits per heavy atom. The molecule has 33 heavy (non-hydrogen) atoms. The molecule has 3 heterocycles. The number of hydrogen-bond acceptors (Lipinski definition) is 9. The van der Waals surface area contributed by atoms with Crippen LogP contribution in [-0.4, -0.2) is 34.0 Å². The van der Waals surface area contributed by atoms with Gasteiger partial charge in [0.15, 0.2) is 5.17 Å². The van der Waals surface area contributed by atoms with Crippen LogP contribution >= 0.6 is 11.8 Å². The van der Waals surface area contributed by atoms with Gasteiger partial charge in [-0.3, -0.25) is 14.9 Å². The molecule has 0 aliphatic carbocycles. The number of aliphatic imine (C=N–C) groups is 1. The Kier molecular flexibility index (Phi) is 6.31. The fourth-order valence-electron chi connectivity index (χ4n) is 3.66. The highest BCUT2D eigenvalue weighted by Gasteiger charge is 2.41.